The zero-order chi connectivity index (χ0) is 10.7. The summed E-state index contributed by atoms with van der Waals surface area (Å²) in [5.74, 6) is 0. The number of nitrogens with zero attached hydrogens (tertiary/aromatic N) is 4. The van der Waals surface area contributed by atoms with Gasteiger partial charge in [-0.05, 0) is 24.3 Å². The summed E-state index contributed by atoms with van der Waals surface area (Å²) in [5.41, 5.74) is 0.669. The van der Waals surface area contributed by atoms with Crippen molar-refractivity contribution >= 4 is 11.8 Å². The second-order valence-electron chi connectivity index (χ2n) is 2.93. The van der Waals surface area contributed by atoms with Crippen molar-refractivity contribution in [2.24, 2.45) is 7.05 Å². The molecule has 1 heterocycles. The Kier molecular flexibility index (Phi) is 2.70. The molecule has 0 saturated heterocycles. The second-order valence-corrected chi connectivity index (χ2v) is 4.03. The van der Waals surface area contributed by atoms with Gasteiger partial charge in [-0.3, -0.25) is 0 Å². The van der Waals surface area contributed by atoms with Gasteiger partial charge in [0.1, 0.15) is 5.03 Å². The van der Waals surface area contributed by atoms with E-state index in [4.69, 9.17) is 5.26 Å². The van der Waals surface area contributed by atoms with E-state index in [1.165, 1.54) is 0 Å². The van der Waals surface area contributed by atoms with Gasteiger partial charge in [0, 0.05) is 11.9 Å². The molecular weight excluding hydrogens is 208 g/mol. The van der Waals surface area contributed by atoms with Gasteiger partial charge in [-0.15, -0.1) is 5.10 Å². The van der Waals surface area contributed by atoms with Crippen LogP contribution in [0.1, 0.15) is 5.56 Å². The van der Waals surface area contributed by atoms with E-state index in [0.29, 0.717) is 5.56 Å². The number of nitriles is 1. The van der Waals surface area contributed by atoms with Gasteiger partial charge >= 0.3 is 0 Å². The van der Waals surface area contributed by atoms with E-state index in [2.05, 4.69) is 16.4 Å². The minimum atomic E-state index is 0.669. The van der Waals surface area contributed by atoms with Crippen molar-refractivity contribution < 1.29 is 0 Å². The second kappa shape index (κ2) is 4.15. The standard InChI is InChI=1S/C10H8N4S/c1-14-10(7-12-13-14)15-9-4-2-8(6-11)3-5-9/h2-5,7H,1H3. The molecule has 1 aromatic heterocycles. The summed E-state index contributed by atoms with van der Waals surface area (Å²) in [6.45, 7) is 0. The third-order valence-electron chi connectivity index (χ3n) is 1.88. The smallest absolute Gasteiger partial charge is 0.119 e. The lowest BCUT2D eigenvalue weighted by atomic mass is 10.2. The molecule has 74 valence electrons. The van der Waals surface area contributed by atoms with Crippen LogP contribution >= 0.6 is 11.8 Å². The van der Waals surface area contributed by atoms with Crippen molar-refractivity contribution in [3.05, 3.63) is 36.0 Å². The lowest BCUT2D eigenvalue weighted by Crippen LogP contribution is -1.91. The number of aryl methyl sites for hydroxylation is 1. The van der Waals surface area contributed by atoms with Crippen LogP contribution in [0.15, 0.2) is 40.4 Å². The molecule has 15 heavy (non-hydrogen) atoms. The van der Waals surface area contributed by atoms with E-state index >= 15 is 0 Å². The summed E-state index contributed by atoms with van der Waals surface area (Å²) in [5, 5.41) is 17.3. The summed E-state index contributed by atoms with van der Waals surface area (Å²) in [4.78, 5) is 1.07. The average Bonchev–Trinajstić information content (AvgIpc) is 2.66. The molecule has 0 aliphatic carbocycles. The molecule has 2 rings (SSSR count). The number of aromatic nitrogens is 3. The predicted octanol–water partition coefficient (Wildman–Crippen LogP) is 1.84. The number of benzene rings is 1. The summed E-state index contributed by atoms with van der Waals surface area (Å²) in [6, 6.07) is 9.51. The fourth-order valence-corrected chi connectivity index (χ4v) is 1.87. The highest BCUT2D eigenvalue weighted by atomic mass is 32.2. The molecular formula is C10H8N4S. The van der Waals surface area contributed by atoms with Crippen molar-refractivity contribution in [1.82, 2.24) is 15.0 Å². The fraction of sp³-hybridized carbons (Fsp3) is 0.100. The van der Waals surface area contributed by atoms with E-state index in [0.717, 1.165) is 9.92 Å². The van der Waals surface area contributed by atoms with Gasteiger partial charge in [0.25, 0.3) is 0 Å². The maximum Gasteiger partial charge on any atom is 0.119 e. The van der Waals surface area contributed by atoms with Crippen LogP contribution in [0, 0.1) is 11.3 Å². The first-order chi connectivity index (χ1) is 7.29. The molecule has 2 aromatic rings. The van der Waals surface area contributed by atoms with Crippen molar-refractivity contribution in [1.29, 1.82) is 5.26 Å². The monoisotopic (exact) mass is 216 g/mol. The Morgan fingerprint density at radius 3 is 2.60 bits per heavy atom. The molecule has 0 saturated carbocycles. The molecule has 0 radical (unpaired) electrons. The van der Waals surface area contributed by atoms with Crippen LogP contribution in [-0.4, -0.2) is 15.0 Å². The lowest BCUT2D eigenvalue weighted by molar-refractivity contribution is 0.665. The van der Waals surface area contributed by atoms with Crippen LogP contribution in [0.25, 0.3) is 0 Å². The molecule has 1 aromatic carbocycles. The Morgan fingerprint density at radius 1 is 1.33 bits per heavy atom. The summed E-state index contributed by atoms with van der Waals surface area (Å²) < 4.78 is 1.71. The molecule has 0 bridgehead atoms. The highest BCUT2D eigenvalue weighted by Crippen LogP contribution is 2.26. The molecule has 0 N–H and O–H groups in total. The molecule has 0 aliphatic rings. The molecule has 0 atom stereocenters. The van der Waals surface area contributed by atoms with E-state index in [1.807, 2.05) is 19.2 Å². The lowest BCUT2D eigenvalue weighted by Gasteiger charge is -2.00. The largest absolute Gasteiger partial charge is 0.242 e. The minimum absolute atomic E-state index is 0.669. The van der Waals surface area contributed by atoms with E-state index in [-0.39, 0.29) is 0 Å². The van der Waals surface area contributed by atoms with Crippen LogP contribution in [0.4, 0.5) is 0 Å². The van der Waals surface area contributed by atoms with Crippen LogP contribution in [0.2, 0.25) is 0 Å². The number of hydrogen-bond donors (Lipinski definition) is 0. The quantitative estimate of drug-likeness (QED) is 0.768. The zero-order valence-electron chi connectivity index (χ0n) is 8.08. The van der Waals surface area contributed by atoms with Gasteiger partial charge in [0.05, 0.1) is 17.8 Å². The summed E-state index contributed by atoms with van der Waals surface area (Å²) in [6.07, 6.45) is 1.71. The topological polar surface area (TPSA) is 54.5 Å². The predicted molar refractivity (Wildman–Crippen MR) is 56.3 cm³/mol. The summed E-state index contributed by atoms with van der Waals surface area (Å²) >= 11 is 1.57. The Morgan fingerprint density at radius 2 is 2.07 bits per heavy atom. The third kappa shape index (κ3) is 2.17. The van der Waals surface area contributed by atoms with Gasteiger partial charge in [-0.2, -0.15) is 5.26 Å². The van der Waals surface area contributed by atoms with Crippen molar-refractivity contribution in [2.75, 3.05) is 0 Å². The maximum atomic E-state index is 8.65. The fourth-order valence-electron chi connectivity index (χ4n) is 1.09. The SMILES string of the molecule is Cn1nncc1Sc1ccc(C#N)cc1. The van der Waals surface area contributed by atoms with Crippen molar-refractivity contribution in [2.45, 2.75) is 9.92 Å². The average molecular weight is 216 g/mol. The van der Waals surface area contributed by atoms with Crippen LogP contribution < -0.4 is 0 Å². The van der Waals surface area contributed by atoms with Crippen LogP contribution in [0.3, 0.4) is 0 Å². The Hall–Kier alpha value is -1.80. The Labute approximate surface area is 91.5 Å². The van der Waals surface area contributed by atoms with Crippen molar-refractivity contribution in [3.63, 3.8) is 0 Å². The Balaban J connectivity index is 2.19. The van der Waals surface area contributed by atoms with Gasteiger partial charge in [0.15, 0.2) is 0 Å². The first-order valence-corrected chi connectivity index (χ1v) is 5.14. The zero-order valence-corrected chi connectivity index (χ0v) is 8.90. The van der Waals surface area contributed by atoms with Crippen LogP contribution in [0.5, 0.6) is 0 Å². The highest BCUT2D eigenvalue weighted by Gasteiger charge is 2.02. The highest BCUT2D eigenvalue weighted by molar-refractivity contribution is 7.99. The minimum Gasteiger partial charge on any atom is -0.242 e. The molecule has 0 amide bonds. The van der Waals surface area contributed by atoms with E-state index in [1.54, 1.807) is 34.8 Å². The Bertz CT molecular complexity index is 495. The number of hydrogen-bond acceptors (Lipinski definition) is 4. The maximum absolute atomic E-state index is 8.65. The van der Waals surface area contributed by atoms with E-state index in [9.17, 15) is 0 Å². The number of rotatable bonds is 2. The molecule has 5 heteroatoms. The molecule has 0 unspecified atom stereocenters. The molecule has 0 spiro atoms. The molecule has 0 aliphatic heterocycles. The van der Waals surface area contributed by atoms with Crippen molar-refractivity contribution in [3.8, 4) is 6.07 Å². The van der Waals surface area contributed by atoms with E-state index < -0.39 is 0 Å². The molecule has 4 nitrogen and oxygen atoms in total. The van der Waals surface area contributed by atoms with Gasteiger partial charge < -0.3 is 0 Å². The molecule has 0 fully saturated rings. The first kappa shape index (κ1) is 9.74. The summed E-state index contributed by atoms with van der Waals surface area (Å²) in [7, 11) is 1.85. The first-order valence-electron chi connectivity index (χ1n) is 4.32. The van der Waals surface area contributed by atoms with Crippen LogP contribution in [-0.2, 0) is 7.05 Å². The van der Waals surface area contributed by atoms with Gasteiger partial charge in [-0.1, -0.05) is 17.0 Å². The van der Waals surface area contributed by atoms with Gasteiger partial charge in [-0.25, -0.2) is 4.68 Å². The van der Waals surface area contributed by atoms with Gasteiger partial charge in [0.2, 0.25) is 0 Å². The third-order valence-corrected chi connectivity index (χ3v) is 2.97. The normalized spacial score (nSPS) is 9.87.